The van der Waals surface area contributed by atoms with E-state index in [9.17, 15) is 4.79 Å². The van der Waals surface area contributed by atoms with E-state index in [0.717, 1.165) is 20.4 Å². The molecule has 0 aliphatic heterocycles. The highest BCUT2D eigenvalue weighted by atomic mass is 127. The number of methoxy groups -OCH3 is 1. The molecule has 0 saturated heterocycles. The maximum Gasteiger partial charge on any atom is 0.277 e. The second kappa shape index (κ2) is 8.13. The van der Waals surface area contributed by atoms with Gasteiger partial charge in [-0.1, -0.05) is 35.5 Å². The fourth-order valence-electron chi connectivity index (χ4n) is 2.42. The van der Waals surface area contributed by atoms with Crippen LogP contribution >= 0.6 is 22.6 Å². The summed E-state index contributed by atoms with van der Waals surface area (Å²) in [4.78, 5) is 12.5. The van der Waals surface area contributed by atoms with Crippen LogP contribution in [0.2, 0.25) is 0 Å². The second-order valence-corrected chi connectivity index (χ2v) is 6.58. The first-order valence-corrected chi connectivity index (χ1v) is 8.86. The van der Waals surface area contributed by atoms with Gasteiger partial charge in [0, 0.05) is 5.56 Å². The minimum atomic E-state index is -0.373. The first-order chi connectivity index (χ1) is 12.6. The lowest BCUT2D eigenvalue weighted by Gasteiger charge is -2.03. The van der Waals surface area contributed by atoms with Crippen LogP contribution in [0.5, 0.6) is 5.75 Å². The maximum absolute atomic E-state index is 12.5. The van der Waals surface area contributed by atoms with Gasteiger partial charge in [0.25, 0.3) is 5.91 Å². The Labute approximate surface area is 164 Å². The molecule has 26 heavy (non-hydrogen) atoms. The van der Waals surface area contributed by atoms with Gasteiger partial charge in [-0.2, -0.15) is 5.10 Å². The number of carbonyl (C=O) groups excluding carboxylic acids is 1. The number of benzene rings is 2. The molecule has 7 heteroatoms. The summed E-state index contributed by atoms with van der Waals surface area (Å²) in [5, 5.41) is 8.03. The summed E-state index contributed by atoms with van der Waals surface area (Å²) in [5.41, 5.74) is 5.05. The molecule has 0 aliphatic rings. The van der Waals surface area contributed by atoms with Crippen molar-refractivity contribution in [2.75, 3.05) is 7.11 Å². The van der Waals surface area contributed by atoms with E-state index < -0.39 is 0 Å². The van der Waals surface area contributed by atoms with Crippen LogP contribution in [0.3, 0.4) is 0 Å². The molecule has 1 N–H and O–H groups in total. The third-order valence-corrected chi connectivity index (χ3v) is 4.54. The molecule has 3 aromatic rings. The van der Waals surface area contributed by atoms with Crippen LogP contribution in [0.4, 0.5) is 0 Å². The Balaban J connectivity index is 1.77. The van der Waals surface area contributed by atoms with E-state index in [1.165, 1.54) is 0 Å². The van der Waals surface area contributed by atoms with Gasteiger partial charge in [-0.05, 0) is 53.3 Å². The highest BCUT2D eigenvalue weighted by molar-refractivity contribution is 14.1. The average molecular weight is 461 g/mol. The number of hydrazone groups is 1. The number of aromatic nitrogens is 1. The number of aryl methyl sites for hydroxylation is 1. The van der Waals surface area contributed by atoms with E-state index in [2.05, 4.69) is 38.3 Å². The summed E-state index contributed by atoms with van der Waals surface area (Å²) in [6.07, 6.45) is 1.57. The summed E-state index contributed by atoms with van der Waals surface area (Å²) < 4.78 is 11.4. The van der Waals surface area contributed by atoms with Crippen molar-refractivity contribution in [1.29, 1.82) is 0 Å². The van der Waals surface area contributed by atoms with Gasteiger partial charge in [-0.15, -0.1) is 0 Å². The molecule has 1 amide bonds. The molecule has 0 fully saturated rings. The van der Waals surface area contributed by atoms with Gasteiger partial charge in [0.2, 0.25) is 0 Å². The van der Waals surface area contributed by atoms with Gasteiger partial charge in [-0.3, -0.25) is 4.79 Å². The van der Waals surface area contributed by atoms with Crippen molar-refractivity contribution >= 4 is 34.7 Å². The summed E-state index contributed by atoms with van der Waals surface area (Å²) >= 11 is 2.18. The molecule has 0 saturated carbocycles. The summed E-state index contributed by atoms with van der Waals surface area (Å²) in [6, 6.07) is 15.0. The Morgan fingerprint density at radius 2 is 2.04 bits per heavy atom. The van der Waals surface area contributed by atoms with Crippen molar-refractivity contribution in [2.45, 2.75) is 6.92 Å². The van der Waals surface area contributed by atoms with Gasteiger partial charge >= 0.3 is 0 Å². The number of carbonyl (C=O) groups is 1. The number of nitrogens with zero attached hydrogens (tertiary/aromatic N) is 2. The predicted molar refractivity (Wildman–Crippen MR) is 107 cm³/mol. The Morgan fingerprint density at radius 3 is 2.73 bits per heavy atom. The SMILES string of the molecule is COc1ccc(/C=N/NC(=O)c2c(-c3ccccc3)noc2C)cc1I. The van der Waals surface area contributed by atoms with Gasteiger partial charge in [0.1, 0.15) is 22.8 Å². The van der Waals surface area contributed by atoms with Gasteiger partial charge in [0.15, 0.2) is 0 Å². The number of nitrogens with one attached hydrogen (secondary N) is 1. The highest BCUT2D eigenvalue weighted by Gasteiger charge is 2.21. The van der Waals surface area contributed by atoms with E-state index >= 15 is 0 Å². The zero-order chi connectivity index (χ0) is 18.5. The Bertz CT molecular complexity index is 952. The van der Waals surface area contributed by atoms with Crippen molar-refractivity contribution in [3.05, 3.63) is 69.0 Å². The van der Waals surface area contributed by atoms with Crippen LogP contribution in [-0.2, 0) is 0 Å². The van der Waals surface area contributed by atoms with E-state index in [0.29, 0.717) is 17.0 Å². The van der Waals surface area contributed by atoms with Crippen LogP contribution in [-0.4, -0.2) is 24.4 Å². The molecule has 0 spiro atoms. The Kier molecular flexibility index (Phi) is 5.67. The zero-order valence-corrected chi connectivity index (χ0v) is 16.4. The number of amides is 1. The predicted octanol–water partition coefficient (Wildman–Crippen LogP) is 4.03. The summed E-state index contributed by atoms with van der Waals surface area (Å²) in [5.74, 6) is 0.858. The largest absolute Gasteiger partial charge is 0.496 e. The van der Waals surface area contributed by atoms with Gasteiger partial charge in [0.05, 0.1) is 16.9 Å². The lowest BCUT2D eigenvalue weighted by Crippen LogP contribution is -2.18. The zero-order valence-electron chi connectivity index (χ0n) is 14.2. The second-order valence-electron chi connectivity index (χ2n) is 5.42. The number of hydrogen-bond acceptors (Lipinski definition) is 5. The van der Waals surface area contributed by atoms with Crippen LogP contribution in [0.15, 0.2) is 58.2 Å². The lowest BCUT2D eigenvalue weighted by molar-refractivity contribution is 0.0954. The smallest absolute Gasteiger partial charge is 0.277 e. The van der Waals surface area contributed by atoms with Gasteiger partial charge < -0.3 is 9.26 Å². The monoisotopic (exact) mass is 461 g/mol. The third-order valence-electron chi connectivity index (χ3n) is 3.69. The molecule has 0 aliphatic carbocycles. The molecule has 0 atom stereocenters. The molecule has 132 valence electrons. The van der Waals surface area contributed by atoms with Crippen molar-refractivity contribution in [3.63, 3.8) is 0 Å². The normalized spacial score (nSPS) is 10.9. The molecule has 1 heterocycles. The van der Waals surface area contributed by atoms with Crippen molar-refractivity contribution in [3.8, 4) is 17.0 Å². The molecule has 2 aromatic carbocycles. The fraction of sp³-hybridized carbons (Fsp3) is 0.105. The van der Waals surface area contributed by atoms with Crippen LogP contribution < -0.4 is 10.2 Å². The van der Waals surface area contributed by atoms with Crippen LogP contribution in [0.1, 0.15) is 21.7 Å². The molecule has 0 unspecified atom stereocenters. The number of hydrogen-bond donors (Lipinski definition) is 1. The topological polar surface area (TPSA) is 76.7 Å². The first-order valence-electron chi connectivity index (χ1n) is 7.78. The Morgan fingerprint density at radius 1 is 1.27 bits per heavy atom. The molecule has 0 bridgehead atoms. The Hall–Kier alpha value is -2.68. The van der Waals surface area contributed by atoms with Gasteiger partial charge in [-0.25, -0.2) is 5.43 Å². The first kappa shape index (κ1) is 18.1. The number of ether oxygens (including phenoxy) is 1. The van der Waals surface area contributed by atoms with Crippen molar-refractivity contribution in [2.24, 2.45) is 5.10 Å². The fourth-order valence-corrected chi connectivity index (χ4v) is 3.18. The minimum Gasteiger partial charge on any atom is -0.496 e. The quantitative estimate of drug-likeness (QED) is 0.354. The third kappa shape index (κ3) is 3.93. The molecular formula is C19H16IN3O3. The van der Waals surface area contributed by atoms with Crippen LogP contribution in [0.25, 0.3) is 11.3 Å². The lowest BCUT2D eigenvalue weighted by atomic mass is 10.1. The van der Waals surface area contributed by atoms with E-state index in [-0.39, 0.29) is 5.91 Å². The molecular weight excluding hydrogens is 445 g/mol. The standard InChI is InChI=1S/C19H16IN3O3/c1-12-17(18(23-26-12)14-6-4-3-5-7-14)19(24)22-21-11-13-8-9-16(25-2)15(20)10-13/h3-11H,1-2H3,(H,22,24)/b21-11+. The number of rotatable bonds is 5. The van der Waals surface area contributed by atoms with E-state index in [1.54, 1.807) is 20.2 Å². The van der Waals surface area contributed by atoms with E-state index in [1.807, 2.05) is 48.5 Å². The maximum atomic E-state index is 12.5. The molecule has 0 radical (unpaired) electrons. The minimum absolute atomic E-state index is 0.373. The average Bonchev–Trinajstić information content (AvgIpc) is 3.04. The summed E-state index contributed by atoms with van der Waals surface area (Å²) in [7, 11) is 1.62. The highest BCUT2D eigenvalue weighted by Crippen LogP contribution is 2.25. The van der Waals surface area contributed by atoms with Crippen molar-refractivity contribution in [1.82, 2.24) is 10.6 Å². The molecule has 1 aromatic heterocycles. The number of halogens is 1. The summed E-state index contributed by atoms with van der Waals surface area (Å²) in [6.45, 7) is 1.70. The van der Waals surface area contributed by atoms with Crippen molar-refractivity contribution < 1.29 is 14.1 Å². The molecule has 6 nitrogen and oxygen atoms in total. The van der Waals surface area contributed by atoms with Crippen LogP contribution in [0, 0.1) is 10.5 Å². The van der Waals surface area contributed by atoms with E-state index in [4.69, 9.17) is 9.26 Å². The molecule has 3 rings (SSSR count).